The van der Waals surface area contributed by atoms with E-state index in [4.69, 9.17) is 24.9 Å². The standard InChI is InChI=1S/C21H24N6O4S/c1-29-14-12-24-20(27-6-10-31-11-7-27)17-16(14)25-21(32-17)15-13(18(22)28)2-3-23-19(15)26-4-8-30-9-5-26/h2-3,12H,4-11H2,1H3,(H2,22,28). The molecule has 3 aromatic heterocycles. The normalized spacial score (nSPS) is 17.0. The largest absolute Gasteiger partial charge is 0.493 e. The first-order valence-electron chi connectivity index (χ1n) is 10.5. The highest BCUT2D eigenvalue weighted by molar-refractivity contribution is 7.22. The molecule has 0 bridgehead atoms. The molecule has 11 heteroatoms. The molecule has 3 aromatic rings. The number of methoxy groups -OCH3 is 1. The second-order valence-corrected chi connectivity index (χ2v) is 8.47. The number of pyridine rings is 2. The summed E-state index contributed by atoms with van der Waals surface area (Å²) in [7, 11) is 1.60. The molecule has 2 aliphatic heterocycles. The van der Waals surface area contributed by atoms with Crippen molar-refractivity contribution in [3.63, 3.8) is 0 Å². The van der Waals surface area contributed by atoms with Gasteiger partial charge in [0.2, 0.25) is 5.91 Å². The maximum absolute atomic E-state index is 12.4. The number of primary amides is 1. The van der Waals surface area contributed by atoms with E-state index in [1.165, 1.54) is 11.3 Å². The third-order valence-electron chi connectivity index (χ3n) is 5.62. The molecule has 2 aliphatic rings. The molecule has 2 N–H and O–H groups in total. The molecule has 2 saturated heterocycles. The number of nitrogens with zero attached hydrogens (tertiary/aromatic N) is 5. The number of aromatic nitrogens is 3. The molecule has 5 heterocycles. The number of hydrogen-bond acceptors (Lipinski definition) is 10. The minimum Gasteiger partial charge on any atom is -0.493 e. The van der Waals surface area contributed by atoms with Crippen LogP contribution in [0.15, 0.2) is 18.5 Å². The number of rotatable bonds is 5. The second kappa shape index (κ2) is 8.85. The van der Waals surface area contributed by atoms with Crippen LogP contribution in [0.5, 0.6) is 5.75 Å². The number of ether oxygens (including phenoxy) is 3. The van der Waals surface area contributed by atoms with Gasteiger partial charge in [-0.2, -0.15) is 0 Å². The average Bonchev–Trinajstić information content (AvgIpc) is 3.29. The van der Waals surface area contributed by atoms with Crippen LogP contribution in [0.2, 0.25) is 0 Å². The summed E-state index contributed by atoms with van der Waals surface area (Å²) in [5.74, 6) is 1.58. The first-order chi connectivity index (χ1) is 15.7. The molecular formula is C21H24N6O4S. The number of carbonyl (C=O) groups is 1. The summed E-state index contributed by atoms with van der Waals surface area (Å²) in [6.45, 7) is 5.35. The van der Waals surface area contributed by atoms with Gasteiger partial charge < -0.3 is 29.7 Å². The smallest absolute Gasteiger partial charge is 0.249 e. The minimum absolute atomic E-state index is 0.389. The number of nitrogens with two attached hydrogens (primary N) is 1. The van der Waals surface area contributed by atoms with Crippen LogP contribution in [-0.4, -0.2) is 80.6 Å². The van der Waals surface area contributed by atoms with Crippen LogP contribution >= 0.6 is 11.3 Å². The number of carbonyl (C=O) groups excluding carboxylic acids is 1. The molecule has 32 heavy (non-hydrogen) atoms. The van der Waals surface area contributed by atoms with Crippen molar-refractivity contribution in [2.45, 2.75) is 0 Å². The van der Waals surface area contributed by atoms with Crippen molar-refractivity contribution in [2.75, 3.05) is 69.5 Å². The molecule has 10 nitrogen and oxygen atoms in total. The monoisotopic (exact) mass is 456 g/mol. The molecule has 0 atom stereocenters. The molecule has 2 fully saturated rings. The molecular weight excluding hydrogens is 432 g/mol. The Balaban J connectivity index is 1.70. The van der Waals surface area contributed by atoms with Crippen LogP contribution in [0, 0.1) is 0 Å². The quantitative estimate of drug-likeness (QED) is 0.610. The summed E-state index contributed by atoms with van der Waals surface area (Å²) in [5, 5.41) is 0.657. The topological polar surface area (TPSA) is 116 Å². The van der Waals surface area contributed by atoms with Gasteiger partial charge in [-0.05, 0) is 6.07 Å². The Bertz CT molecular complexity index is 1140. The van der Waals surface area contributed by atoms with Gasteiger partial charge in [-0.25, -0.2) is 15.0 Å². The van der Waals surface area contributed by atoms with Crippen molar-refractivity contribution in [3.05, 3.63) is 24.0 Å². The summed E-state index contributed by atoms with van der Waals surface area (Å²) in [5.41, 5.74) is 7.49. The number of anilines is 2. The zero-order chi connectivity index (χ0) is 22.1. The van der Waals surface area contributed by atoms with Crippen LogP contribution in [0.25, 0.3) is 20.8 Å². The summed E-state index contributed by atoms with van der Waals surface area (Å²) in [6, 6.07) is 1.64. The molecule has 0 spiro atoms. The number of fused-ring (bicyclic) bond motifs is 1. The fraction of sp³-hybridized carbons (Fsp3) is 0.429. The first-order valence-corrected chi connectivity index (χ1v) is 11.3. The van der Waals surface area contributed by atoms with Gasteiger partial charge in [-0.3, -0.25) is 4.79 Å². The predicted octanol–water partition coefficient (Wildman–Crippen LogP) is 1.53. The van der Waals surface area contributed by atoms with Crippen molar-refractivity contribution in [2.24, 2.45) is 5.73 Å². The van der Waals surface area contributed by atoms with Gasteiger partial charge in [-0.1, -0.05) is 0 Å². The Morgan fingerprint density at radius 3 is 2.34 bits per heavy atom. The Hall–Kier alpha value is -3.02. The fourth-order valence-corrected chi connectivity index (χ4v) is 5.17. The minimum atomic E-state index is -0.519. The van der Waals surface area contributed by atoms with E-state index < -0.39 is 5.91 Å². The van der Waals surface area contributed by atoms with Gasteiger partial charge in [-0.15, -0.1) is 11.3 Å². The van der Waals surface area contributed by atoms with E-state index >= 15 is 0 Å². The number of amides is 1. The van der Waals surface area contributed by atoms with Crippen LogP contribution in [0.4, 0.5) is 11.6 Å². The van der Waals surface area contributed by atoms with Crippen LogP contribution in [-0.2, 0) is 9.47 Å². The molecule has 0 unspecified atom stereocenters. The number of thiazole rings is 1. The second-order valence-electron chi connectivity index (χ2n) is 7.47. The van der Waals surface area contributed by atoms with E-state index in [0.29, 0.717) is 72.7 Å². The van der Waals surface area contributed by atoms with Crippen molar-refractivity contribution in [1.29, 1.82) is 0 Å². The molecule has 0 radical (unpaired) electrons. The Labute approximate surface area is 188 Å². The van der Waals surface area contributed by atoms with E-state index in [2.05, 4.69) is 19.8 Å². The fourth-order valence-electron chi connectivity index (χ4n) is 4.02. The van der Waals surface area contributed by atoms with E-state index in [1.807, 2.05) is 0 Å². The molecule has 0 saturated carbocycles. The predicted molar refractivity (Wildman–Crippen MR) is 122 cm³/mol. The van der Waals surface area contributed by atoms with Crippen LogP contribution < -0.4 is 20.3 Å². The van der Waals surface area contributed by atoms with Gasteiger partial charge in [0.05, 0.1) is 50.9 Å². The van der Waals surface area contributed by atoms with Crippen LogP contribution in [0.3, 0.4) is 0 Å². The van der Waals surface area contributed by atoms with Crippen LogP contribution in [0.1, 0.15) is 10.4 Å². The summed E-state index contributed by atoms with van der Waals surface area (Å²) < 4.78 is 17.4. The lowest BCUT2D eigenvalue weighted by Crippen LogP contribution is -2.37. The third kappa shape index (κ3) is 3.72. The van der Waals surface area contributed by atoms with Crippen molar-refractivity contribution >= 4 is 39.1 Å². The van der Waals surface area contributed by atoms with Crippen molar-refractivity contribution < 1.29 is 19.0 Å². The average molecular weight is 457 g/mol. The Morgan fingerprint density at radius 2 is 1.72 bits per heavy atom. The highest BCUT2D eigenvalue weighted by Gasteiger charge is 2.27. The summed E-state index contributed by atoms with van der Waals surface area (Å²) in [6.07, 6.45) is 3.31. The van der Waals surface area contributed by atoms with Gasteiger partial charge in [0.25, 0.3) is 0 Å². The number of hydrogen-bond donors (Lipinski definition) is 1. The maximum Gasteiger partial charge on any atom is 0.249 e. The lowest BCUT2D eigenvalue weighted by Gasteiger charge is -2.29. The summed E-state index contributed by atoms with van der Waals surface area (Å²) in [4.78, 5) is 30.8. The first kappa shape index (κ1) is 20.9. The van der Waals surface area contributed by atoms with Gasteiger partial charge in [0, 0.05) is 32.4 Å². The lowest BCUT2D eigenvalue weighted by molar-refractivity contribution is 0.100. The van der Waals surface area contributed by atoms with E-state index in [0.717, 1.165) is 23.6 Å². The molecule has 0 aromatic carbocycles. The highest BCUT2D eigenvalue weighted by Crippen LogP contribution is 2.42. The molecule has 0 aliphatic carbocycles. The van der Waals surface area contributed by atoms with Crippen molar-refractivity contribution in [3.8, 4) is 16.3 Å². The molecule has 168 valence electrons. The Morgan fingerprint density at radius 1 is 1.06 bits per heavy atom. The Kier molecular flexibility index (Phi) is 5.77. The maximum atomic E-state index is 12.4. The van der Waals surface area contributed by atoms with Gasteiger partial charge >= 0.3 is 0 Å². The van der Waals surface area contributed by atoms with E-state index in [-0.39, 0.29) is 0 Å². The highest BCUT2D eigenvalue weighted by atomic mass is 32.1. The lowest BCUT2D eigenvalue weighted by atomic mass is 10.1. The summed E-state index contributed by atoms with van der Waals surface area (Å²) >= 11 is 1.47. The van der Waals surface area contributed by atoms with Gasteiger partial charge in [0.15, 0.2) is 5.75 Å². The molecule has 1 amide bonds. The van der Waals surface area contributed by atoms with E-state index in [1.54, 1.807) is 25.6 Å². The third-order valence-corrected chi connectivity index (χ3v) is 6.69. The zero-order valence-electron chi connectivity index (χ0n) is 17.7. The van der Waals surface area contributed by atoms with Crippen molar-refractivity contribution in [1.82, 2.24) is 15.0 Å². The zero-order valence-corrected chi connectivity index (χ0v) is 18.6. The SMILES string of the molecule is COc1cnc(N2CCOCC2)c2sc(-c3c(C(N)=O)ccnc3N3CCOCC3)nc12. The van der Waals surface area contributed by atoms with Gasteiger partial charge in [0.1, 0.15) is 26.9 Å². The van der Waals surface area contributed by atoms with E-state index in [9.17, 15) is 4.79 Å². The number of morpholine rings is 2. The molecule has 5 rings (SSSR count).